The number of methoxy groups -OCH3 is 1. The Kier molecular flexibility index (Phi) is 1.77. The number of carboxylic acid groups (broad SMARTS) is 1. The van der Waals surface area contributed by atoms with E-state index in [1.165, 1.54) is 7.11 Å². The summed E-state index contributed by atoms with van der Waals surface area (Å²) in [5.41, 5.74) is 0.0852. The Balaban J connectivity index is 2.01. The molecule has 0 heterocycles. The fourth-order valence-corrected chi connectivity index (χ4v) is 3.79. The van der Waals surface area contributed by atoms with E-state index in [1.54, 1.807) is 0 Å². The van der Waals surface area contributed by atoms with Gasteiger partial charge in [-0.3, -0.25) is 9.59 Å². The smallest absolute Gasteiger partial charge is 0.310 e. The lowest BCUT2D eigenvalue weighted by Gasteiger charge is -2.21. The Morgan fingerprint density at radius 1 is 1.25 bits per heavy atom. The summed E-state index contributed by atoms with van der Waals surface area (Å²) in [7, 11) is 1.33. The average Bonchev–Trinajstić information content (AvgIpc) is 2.92. The number of allylic oxidation sites excluding steroid dienone is 2. The Morgan fingerprint density at radius 3 is 2.25 bits per heavy atom. The van der Waals surface area contributed by atoms with Gasteiger partial charge in [-0.2, -0.15) is 0 Å². The molecule has 0 aromatic carbocycles. The molecule has 1 spiro atoms. The van der Waals surface area contributed by atoms with E-state index in [4.69, 9.17) is 4.74 Å². The quantitative estimate of drug-likeness (QED) is 0.560. The number of hydrogen-bond acceptors (Lipinski definition) is 3. The Labute approximate surface area is 93.3 Å². The van der Waals surface area contributed by atoms with Gasteiger partial charge in [0.25, 0.3) is 0 Å². The van der Waals surface area contributed by atoms with Crippen molar-refractivity contribution in [2.24, 2.45) is 29.1 Å². The highest BCUT2D eigenvalue weighted by Crippen LogP contribution is 2.72. The normalized spacial score (nSPS) is 41.3. The van der Waals surface area contributed by atoms with Crippen molar-refractivity contribution >= 4 is 11.9 Å². The number of rotatable bonds is 2. The van der Waals surface area contributed by atoms with Crippen LogP contribution in [0.15, 0.2) is 12.2 Å². The molecule has 3 aliphatic rings. The van der Waals surface area contributed by atoms with Crippen molar-refractivity contribution < 1.29 is 19.4 Å². The van der Waals surface area contributed by atoms with Gasteiger partial charge in [0.15, 0.2) is 0 Å². The molecule has 0 aromatic heterocycles. The summed E-state index contributed by atoms with van der Waals surface area (Å²) in [6.45, 7) is 0. The number of hydrogen-bond donors (Lipinski definition) is 1. The molecule has 16 heavy (non-hydrogen) atoms. The van der Waals surface area contributed by atoms with Crippen LogP contribution in [0.4, 0.5) is 0 Å². The minimum atomic E-state index is -0.862. The van der Waals surface area contributed by atoms with E-state index in [-0.39, 0.29) is 23.2 Å². The standard InChI is InChI=1S/C12H14O4/c1-16-11(15)9-7-3-2-6(8(9)10(13)14)12(7)4-5-12/h2-3,6-9H,4-5H2,1H3,(H,13,14)/t6-,7+,8+,9+/m0/s1. The molecule has 4 nitrogen and oxygen atoms in total. The second-order valence-electron chi connectivity index (χ2n) is 5.08. The van der Waals surface area contributed by atoms with Crippen LogP contribution in [0.3, 0.4) is 0 Å². The van der Waals surface area contributed by atoms with E-state index >= 15 is 0 Å². The maximum Gasteiger partial charge on any atom is 0.310 e. The van der Waals surface area contributed by atoms with Crippen LogP contribution in [-0.4, -0.2) is 24.2 Å². The van der Waals surface area contributed by atoms with Crippen molar-refractivity contribution in [2.45, 2.75) is 12.8 Å². The highest BCUT2D eigenvalue weighted by molar-refractivity contribution is 5.84. The van der Waals surface area contributed by atoms with Crippen molar-refractivity contribution in [3.8, 4) is 0 Å². The lowest BCUT2D eigenvalue weighted by atomic mass is 9.83. The predicted octanol–water partition coefficient (Wildman–Crippen LogP) is 1.07. The van der Waals surface area contributed by atoms with Gasteiger partial charge in [0.05, 0.1) is 18.9 Å². The van der Waals surface area contributed by atoms with Gasteiger partial charge in [0, 0.05) is 0 Å². The van der Waals surface area contributed by atoms with Gasteiger partial charge in [-0.15, -0.1) is 0 Å². The molecule has 86 valence electrons. The van der Waals surface area contributed by atoms with E-state index in [0.717, 1.165) is 12.8 Å². The van der Waals surface area contributed by atoms with E-state index in [1.807, 2.05) is 12.2 Å². The summed E-state index contributed by atoms with van der Waals surface area (Å²) < 4.78 is 4.75. The third-order valence-electron chi connectivity index (χ3n) is 4.60. The molecule has 0 aliphatic heterocycles. The van der Waals surface area contributed by atoms with E-state index in [2.05, 4.69) is 0 Å². The average molecular weight is 222 g/mol. The summed E-state index contributed by atoms with van der Waals surface area (Å²) >= 11 is 0. The zero-order chi connectivity index (χ0) is 11.5. The summed E-state index contributed by atoms with van der Waals surface area (Å²) in [5, 5.41) is 9.27. The zero-order valence-electron chi connectivity index (χ0n) is 9.05. The summed E-state index contributed by atoms with van der Waals surface area (Å²) in [6.07, 6.45) is 6.12. The van der Waals surface area contributed by atoms with Gasteiger partial charge < -0.3 is 9.84 Å². The number of ether oxygens (including phenoxy) is 1. The molecule has 2 saturated carbocycles. The topological polar surface area (TPSA) is 63.6 Å². The highest BCUT2D eigenvalue weighted by atomic mass is 16.5. The first-order chi connectivity index (χ1) is 7.62. The van der Waals surface area contributed by atoms with Gasteiger partial charge >= 0.3 is 11.9 Å². The van der Waals surface area contributed by atoms with Crippen LogP contribution in [0.25, 0.3) is 0 Å². The van der Waals surface area contributed by atoms with E-state index < -0.39 is 17.8 Å². The molecule has 0 aromatic rings. The fourth-order valence-electron chi connectivity index (χ4n) is 3.79. The highest BCUT2D eigenvalue weighted by Gasteiger charge is 2.70. The first kappa shape index (κ1) is 9.87. The van der Waals surface area contributed by atoms with Crippen LogP contribution < -0.4 is 0 Å². The van der Waals surface area contributed by atoms with Crippen molar-refractivity contribution in [1.29, 1.82) is 0 Å². The van der Waals surface area contributed by atoms with E-state index in [0.29, 0.717) is 0 Å². The van der Waals surface area contributed by atoms with Gasteiger partial charge in [-0.1, -0.05) is 12.2 Å². The maximum absolute atomic E-state index is 11.7. The second-order valence-corrected chi connectivity index (χ2v) is 5.08. The number of esters is 1. The molecule has 2 fully saturated rings. The van der Waals surface area contributed by atoms with Gasteiger partial charge in [-0.25, -0.2) is 0 Å². The maximum atomic E-state index is 11.7. The molecule has 3 rings (SSSR count). The molecule has 3 aliphatic carbocycles. The van der Waals surface area contributed by atoms with Crippen molar-refractivity contribution in [3.63, 3.8) is 0 Å². The van der Waals surface area contributed by atoms with Crippen molar-refractivity contribution in [1.82, 2.24) is 0 Å². The minimum Gasteiger partial charge on any atom is -0.481 e. The number of carboxylic acids is 1. The largest absolute Gasteiger partial charge is 0.481 e. The molecular weight excluding hydrogens is 208 g/mol. The second kappa shape index (κ2) is 2.87. The minimum absolute atomic E-state index is 0.0408. The van der Waals surface area contributed by atoms with Crippen LogP contribution in [0.1, 0.15) is 12.8 Å². The number of aliphatic carboxylic acids is 1. The Hall–Kier alpha value is -1.32. The molecule has 0 radical (unpaired) electrons. The molecule has 1 N–H and O–H groups in total. The monoisotopic (exact) mass is 222 g/mol. The van der Waals surface area contributed by atoms with Gasteiger partial charge in [0.1, 0.15) is 0 Å². The molecule has 2 bridgehead atoms. The number of carbonyl (C=O) groups is 2. The number of carbonyl (C=O) groups excluding carboxylic acids is 1. The third kappa shape index (κ3) is 0.950. The first-order valence-corrected chi connectivity index (χ1v) is 5.61. The first-order valence-electron chi connectivity index (χ1n) is 5.61. The Bertz CT molecular complexity index is 394. The molecule has 0 unspecified atom stereocenters. The van der Waals surface area contributed by atoms with Crippen LogP contribution in [0.5, 0.6) is 0 Å². The van der Waals surface area contributed by atoms with Crippen LogP contribution >= 0.6 is 0 Å². The molecule has 0 saturated heterocycles. The predicted molar refractivity (Wildman–Crippen MR) is 54.4 cm³/mol. The van der Waals surface area contributed by atoms with Crippen molar-refractivity contribution in [2.75, 3.05) is 7.11 Å². The molecule has 4 heteroatoms. The molecular formula is C12H14O4. The van der Waals surface area contributed by atoms with Crippen molar-refractivity contribution in [3.05, 3.63) is 12.2 Å². The van der Waals surface area contributed by atoms with Gasteiger partial charge in [0.2, 0.25) is 0 Å². The van der Waals surface area contributed by atoms with Crippen LogP contribution in [0, 0.1) is 29.1 Å². The van der Waals surface area contributed by atoms with Crippen LogP contribution in [0.2, 0.25) is 0 Å². The lowest BCUT2D eigenvalue weighted by Crippen LogP contribution is -2.33. The van der Waals surface area contributed by atoms with Crippen LogP contribution in [-0.2, 0) is 14.3 Å². The molecule has 4 atom stereocenters. The van der Waals surface area contributed by atoms with E-state index in [9.17, 15) is 14.7 Å². The summed E-state index contributed by atoms with van der Waals surface area (Å²) in [6, 6.07) is 0. The molecule has 0 amide bonds. The summed E-state index contributed by atoms with van der Waals surface area (Å²) in [4.78, 5) is 23.0. The SMILES string of the molecule is COC(=O)[C@H]1[C@H](C(=O)O)[C@@H]2C=C[C@H]1C21CC1. The van der Waals surface area contributed by atoms with Gasteiger partial charge in [-0.05, 0) is 30.1 Å². The fraction of sp³-hybridized carbons (Fsp3) is 0.667. The third-order valence-corrected chi connectivity index (χ3v) is 4.60. The summed E-state index contributed by atoms with van der Waals surface area (Å²) in [5.74, 6) is -2.15. The zero-order valence-corrected chi connectivity index (χ0v) is 9.05. The lowest BCUT2D eigenvalue weighted by molar-refractivity contribution is -0.156. The Morgan fingerprint density at radius 2 is 1.81 bits per heavy atom.